The van der Waals surface area contributed by atoms with Crippen LogP contribution >= 0.6 is 11.6 Å². The number of quaternary nitrogens is 1. The zero-order valence-corrected chi connectivity index (χ0v) is 11.0. The molecule has 3 heteroatoms. The second-order valence-corrected chi connectivity index (χ2v) is 5.73. The highest BCUT2D eigenvalue weighted by Gasteiger charge is 2.38. The zero-order chi connectivity index (χ0) is 11.7. The SMILES string of the molecule is ClCc1ccc(C[N+]23CCN(CC2)CC3)cc1. The normalized spacial score (nSPS) is 31.7. The Balaban J connectivity index is 1.72. The summed E-state index contributed by atoms with van der Waals surface area (Å²) >= 11 is 5.82. The average molecular weight is 252 g/mol. The van der Waals surface area contributed by atoms with Gasteiger partial charge < -0.3 is 4.48 Å². The van der Waals surface area contributed by atoms with Gasteiger partial charge >= 0.3 is 0 Å². The van der Waals surface area contributed by atoms with Gasteiger partial charge in [0.25, 0.3) is 0 Å². The molecule has 0 spiro atoms. The minimum Gasteiger partial charge on any atom is -0.317 e. The first-order valence-electron chi connectivity index (χ1n) is 6.51. The number of benzene rings is 1. The van der Waals surface area contributed by atoms with Crippen LogP contribution in [0.25, 0.3) is 0 Å². The van der Waals surface area contributed by atoms with Gasteiger partial charge in [-0.1, -0.05) is 24.3 Å². The highest BCUT2D eigenvalue weighted by molar-refractivity contribution is 6.17. The van der Waals surface area contributed by atoms with Crippen molar-refractivity contribution in [2.75, 3.05) is 39.3 Å². The summed E-state index contributed by atoms with van der Waals surface area (Å²) in [7, 11) is 0. The van der Waals surface area contributed by atoms with Crippen molar-refractivity contribution in [3.63, 3.8) is 0 Å². The number of alkyl halides is 1. The van der Waals surface area contributed by atoms with Crippen LogP contribution in [0.15, 0.2) is 24.3 Å². The number of hydrogen-bond donors (Lipinski definition) is 0. The van der Waals surface area contributed by atoms with Gasteiger partial charge in [-0.25, -0.2) is 0 Å². The van der Waals surface area contributed by atoms with Crippen molar-refractivity contribution < 1.29 is 4.48 Å². The molecule has 0 atom stereocenters. The molecule has 17 heavy (non-hydrogen) atoms. The molecule has 0 amide bonds. The van der Waals surface area contributed by atoms with Crippen LogP contribution in [0.1, 0.15) is 11.1 Å². The molecule has 92 valence electrons. The van der Waals surface area contributed by atoms with Crippen LogP contribution in [0.3, 0.4) is 0 Å². The number of piperazine rings is 3. The second-order valence-electron chi connectivity index (χ2n) is 5.46. The van der Waals surface area contributed by atoms with Crippen molar-refractivity contribution in [3.05, 3.63) is 35.4 Å². The van der Waals surface area contributed by atoms with E-state index in [-0.39, 0.29) is 0 Å². The van der Waals surface area contributed by atoms with Gasteiger partial charge in [0.1, 0.15) is 6.54 Å². The van der Waals surface area contributed by atoms with Gasteiger partial charge in [-0.05, 0) is 5.56 Å². The van der Waals surface area contributed by atoms with Gasteiger partial charge in [-0.15, -0.1) is 11.6 Å². The molecule has 0 saturated carbocycles. The van der Waals surface area contributed by atoms with Gasteiger partial charge in [0.15, 0.2) is 0 Å². The highest BCUT2D eigenvalue weighted by atomic mass is 35.5. The van der Waals surface area contributed by atoms with E-state index in [4.69, 9.17) is 11.6 Å². The average Bonchev–Trinajstić information content (AvgIpc) is 2.41. The standard InChI is InChI=1S/C14H20ClN2/c15-11-13-1-3-14(4-2-13)12-17-8-5-16(6-9-17)7-10-17/h1-4H,5-12H2/q+1. The third kappa shape index (κ3) is 2.35. The summed E-state index contributed by atoms with van der Waals surface area (Å²) in [5.41, 5.74) is 2.69. The van der Waals surface area contributed by atoms with Gasteiger partial charge in [0.2, 0.25) is 0 Å². The van der Waals surface area contributed by atoms with Crippen molar-refractivity contribution in [2.45, 2.75) is 12.4 Å². The fourth-order valence-corrected chi connectivity index (χ4v) is 3.27. The lowest BCUT2D eigenvalue weighted by molar-refractivity contribution is -0.953. The van der Waals surface area contributed by atoms with Gasteiger partial charge in [-0.3, -0.25) is 4.90 Å². The van der Waals surface area contributed by atoms with Crippen molar-refractivity contribution >= 4 is 11.6 Å². The first kappa shape index (κ1) is 11.5. The molecule has 0 aromatic heterocycles. The molecule has 4 rings (SSSR count). The van der Waals surface area contributed by atoms with Crippen LogP contribution in [0.4, 0.5) is 0 Å². The molecule has 3 fully saturated rings. The van der Waals surface area contributed by atoms with Crippen LogP contribution in [-0.2, 0) is 12.4 Å². The van der Waals surface area contributed by atoms with Crippen LogP contribution in [-0.4, -0.2) is 48.7 Å². The lowest BCUT2D eigenvalue weighted by atomic mass is 10.1. The van der Waals surface area contributed by atoms with E-state index in [1.807, 2.05) is 0 Å². The van der Waals surface area contributed by atoms with E-state index in [1.165, 1.54) is 61.4 Å². The first-order chi connectivity index (χ1) is 8.30. The van der Waals surface area contributed by atoms with E-state index < -0.39 is 0 Å². The lowest BCUT2D eigenvalue weighted by Gasteiger charge is -2.50. The number of rotatable bonds is 3. The molecular formula is C14H20ClN2+. The topological polar surface area (TPSA) is 3.24 Å². The summed E-state index contributed by atoms with van der Waals surface area (Å²) in [5.74, 6) is 0.620. The number of fused-ring (bicyclic) bond motifs is 3. The molecule has 2 nitrogen and oxygen atoms in total. The molecule has 0 aliphatic carbocycles. The van der Waals surface area contributed by atoms with Gasteiger partial charge in [-0.2, -0.15) is 0 Å². The molecular weight excluding hydrogens is 232 g/mol. The van der Waals surface area contributed by atoms with Gasteiger partial charge in [0, 0.05) is 31.1 Å². The number of nitrogens with zero attached hydrogens (tertiary/aromatic N) is 2. The Morgan fingerprint density at radius 1 is 0.941 bits per heavy atom. The van der Waals surface area contributed by atoms with E-state index in [1.54, 1.807) is 0 Å². The largest absolute Gasteiger partial charge is 0.317 e. The monoisotopic (exact) mass is 251 g/mol. The van der Waals surface area contributed by atoms with Gasteiger partial charge in [0.05, 0.1) is 19.6 Å². The van der Waals surface area contributed by atoms with Crippen molar-refractivity contribution in [1.82, 2.24) is 4.90 Å². The third-order valence-corrected chi connectivity index (χ3v) is 4.68. The molecule has 0 radical (unpaired) electrons. The second kappa shape index (κ2) is 4.60. The maximum absolute atomic E-state index is 5.82. The van der Waals surface area contributed by atoms with Crippen LogP contribution in [0.2, 0.25) is 0 Å². The predicted octanol–water partition coefficient (Wildman–Crippen LogP) is 2.07. The van der Waals surface area contributed by atoms with E-state index in [0.29, 0.717) is 5.88 Å². The highest BCUT2D eigenvalue weighted by Crippen LogP contribution is 2.23. The lowest BCUT2D eigenvalue weighted by Crippen LogP contribution is -2.66. The maximum Gasteiger partial charge on any atom is 0.104 e. The smallest absolute Gasteiger partial charge is 0.104 e. The quantitative estimate of drug-likeness (QED) is 0.587. The Morgan fingerprint density at radius 3 is 2.00 bits per heavy atom. The Kier molecular flexibility index (Phi) is 3.12. The molecule has 3 aliphatic heterocycles. The van der Waals surface area contributed by atoms with E-state index in [9.17, 15) is 0 Å². The maximum atomic E-state index is 5.82. The third-order valence-electron chi connectivity index (χ3n) is 4.37. The Morgan fingerprint density at radius 2 is 1.47 bits per heavy atom. The summed E-state index contributed by atoms with van der Waals surface area (Å²) in [5, 5.41) is 0. The number of hydrogen-bond acceptors (Lipinski definition) is 1. The minimum atomic E-state index is 0.620. The Hall–Kier alpha value is -0.570. The Labute approximate surface area is 108 Å². The predicted molar refractivity (Wildman–Crippen MR) is 71.0 cm³/mol. The van der Waals surface area contributed by atoms with E-state index >= 15 is 0 Å². The Bertz CT molecular complexity index is 366. The summed E-state index contributed by atoms with van der Waals surface area (Å²) in [4.78, 5) is 2.59. The molecule has 1 aromatic carbocycles. The molecule has 3 heterocycles. The molecule has 3 aliphatic rings. The summed E-state index contributed by atoms with van der Waals surface area (Å²) in [6.07, 6.45) is 0. The molecule has 1 aromatic rings. The summed E-state index contributed by atoms with van der Waals surface area (Å²) in [6, 6.07) is 8.85. The molecule has 0 unspecified atom stereocenters. The van der Waals surface area contributed by atoms with E-state index in [2.05, 4.69) is 29.2 Å². The fraction of sp³-hybridized carbons (Fsp3) is 0.571. The van der Waals surface area contributed by atoms with Crippen LogP contribution < -0.4 is 0 Å². The zero-order valence-electron chi connectivity index (χ0n) is 10.2. The summed E-state index contributed by atoms with van der Waals surface area (Å²) < 4.78 is 1.30. The van der Waals surface area contributed by atoms with Crippen LogP contribution in [0.5, 0.6) is 0 Å². The summed E-state index contributed by atoms with van der Waals surface area (Å²) in [6.45, 7) is 9.07. The first-order valence-corrected chi connectivity index (χ1v) is 7.04. The fourth-order valence-electron chi connectivity index (χ4n) is 3.09. The molecule has 3 saturated heterocycles. The van der Waals surface area contributed by atoms with Crippen molar-refractivity contribution in [2.24, 2.45) is 0 Å². The van der Waals surface area contributed by atoms with Crippen LogP contribution in [0, 0.1) is 0 Å². The molecule has 0 N–H and O–H groups in total. The van der Waals surface area contributed by atoms with E-state index in [0.717, 1.165) is 0 Å². The minimum absolute atomic E-state index is 0.620. The number of halogens is 1. The molecule has 2 bridgehead atoms. The van der Waals surface area contributed by atoms with Crippen molar-refractivity contribution in [1.29, 1.82) is 0 Å². The van der Waals surface area contributed by atoms with Crippen molar-refractivity contribution in [3.8, 4) is 0 Å².